The highest BCUT2D eigenvalue weighted by Crippen LogP contribution is 2.33. The van der Waals surface area contributed by atoms with E-state index in [1.54, 1.807) is 0 Å². The van der Waals surface area contributed by atoms with E-state index in [2.05, 4.69) is 62.4 Å². The molecule has 24 heavy (non-hydrogen) atoms. The maximum Gasteiger partial charge on any atom is 0.0825 e. The Labute approximate surface area is 147 Å². The molecular formula is C23H30O. The van der Waals surface area contributed by atoms with Gasteiger partial charge in [0.1, 0.15) is 0 Å². The minimum absolute atomic E-state index is 0.291. The van der Waals surface area contributed by atoms with Crippen LogP contribution in [-0.2, 0) is 11.2 Å². The Morgan fingerprint density at radius 1 is 0.833 bits per heavy atom. The SMILES string of the molecule is CCCc1ccc(-c2ccc(C3CCC(CCC)CO3)cc2)cc1. The maximum absolute atomic E-state index is 6.12. The summed E-state index contributed by atoms with van der Waals surface area (Å²) >= 11 is 0. The van der Waals surface area contributed by atoms with E-state index in [9.17, 15) is 0 Å². The Balaban J connectivity index is 1.63. The molecule has 3 rings (SSSR count). The number of hydrogen-bond acceptors (Lipinski definition) is 1. The molecule has 1 heterocycles. The average molecular weight is 322 g/mol. The van der Waals surface area contributed by atoms with E-state index in [0.717, 1.165) is 25.4 Å². The lowest BCUT2D eigenvalue weighted by Crippen LogP contribution is -2.20. The average Bonchev–Trinajstić information content (AvgIpc) is 2.64. The van der Waals surface area contributed by atoms with Crippen molar-refractivity contribution >= 4 is 0 Å². The van der Waals surface area contributed by atoms with Crippen LogP contribution in [0.25, 0.3) is 11.1 Å². The number of ether oxygens (including phenoxy) is 1. The monoisotopic (exact) mass is 322 g/mol. The Morgan fingerprint density at radius 3 is 2.04 bits per heavy atom. The molecule has 1 heteroatoms. The summed E-state index contributed by atoms with van der Waals surface area (Å²) in [4.78, 5) is 0. The maximum atomic E-state index is 6.12. The van der Waals surface area contributed by atoms with Crippen LogP contribution < -0.4 is 0 Å². The fraction of sp³-hybridized carbons (Fsp3) is 0.478. The molecule has 1 aliphatic rings. The molecule has 1 aliphatic heterocycles. The minimum atomic E-state index is 0.291. The summed E-state index contributed by atoms with van der Waals surface area (Å²) in [5.74, 6) is 0.771. The lowest BCUT2D eigenvalue weighted by atomic mass is 9.91. The normalized spacial score (nSPS) is 20.9. The van der Waals surface area contributed by atoms with E-state index in [-0.39, 0.29) is 0 Å². The second kappa shape index (κ2) is 8.48. The first kappa shape index (κ1) is 17.2. The third-order valence-electron chi connectivity index (χ3n) is 5.18. The number of benzene rings is 2. The van der Waals surface area contributed by atoms with Gasteiger partial charge in [0.2, 0.25) is 0 Å². The van der Waals surface area contributed by atoms with Gasteiger partial charge in [-0.3, -0.25) is 0 Å². The van der Waals surface area contributed by atoms with Crippen molar-refractivity contribution in [3.05, 3.63) is 59.7 Å². The van der Waals surface area contributed by atoms with Crippen molar-refractivity contribution in [2.45, 2.75) is 58.5 Å². The van der Waals surface area contributed by atoms with Crippen molar-refractivity contribution in [2.75, 3.05) is 6.61 Å². The lowest BCUT2D eigenvalue weighted by molar-refractivity contribution is -0.0194. The first-order chi connectivity index (χ1) is 11.8. The standard InChI is InChI=1S/C23H30O/c1-3-5-18-7-10-20(11-8-18)21-12-14-22(15-13-21)23-16-9-19(6-4-2)17-24-23/h7-8,10-15,19,23H,3-6,9,16-17H2,1-2H3. The summed E-state index contributed by atoms with van der Waals surface area (Å²) in [7, 11) is 0. The van der Waals surface area contributed by atoms with Gasteiger partial charge in [-0.1, -0.05) is 75.2 Å². The molecule has 2 atom stereocenters. The van der Waals surface area contributed by atoms with Crippen molar-refractivity contribution < 1.29 is 4.74 Å². The van der Waals surface area contributed by atoms with Gasteiger partial charge in [0.05, 0.1) is 12.7 Å². The van der Waals surface area contributed by atoms with Crippen LogP contribution in [0.15, 0.2) is 48.5 Å². The van der Waals surface area contributed by atoms with Crippen molar-refractivity contribution in [1.82, 2.24) is 0 Å². The van der Waals surface area contributed by atoms with Gasteiger partial charge in [-0.15, -0.1) is 0 Å². The van der Waals surface area contributed by atoms with Crippen molar-refractivity contribution in [1.29, 1.82) is 0 Å². The summed E-state index contributed by atoms with van der Waals surface area (Å²) in [6.07, 6.45) is 7.70. The van der Waals surface area contributed by atoms with Crippen molar-refractivity contribution in [3.63, 3.8) is 0 Å². The van der Waals surface area contributed by atoms with Crippen LogP contribution in [0.1, 0.15) is 63.2 Å². The zero-order valence-electron chi connectivity index (χ0n) is 15.1. The molecule has 0 N–H and O–H groups in total. The third kappa shape index (κ3) is 4.27. The molecule has 2 aromatic carbocycles. The fourth-order valence-corrected chi connectivity index (χ4v) is 3.75. The van der Waals surface area contributed by atoms with E-state index in [4.69, 9.17) is 4.74 Å². The molecular weight excluding hydrogens is 292 g/mol. The van der Waals surface area contributed by atoms with Crippen LogP contribution in [0, 0.1) is 5.92 Å². The molecule has 0 amide bonds. The Morgan fingerprint density at radius 2 is 1.50 bits per heavy atom. The van der Waals surface area contributed by atoms with Crippen LogP contribution in [0.2, 0.25) is 0 Å². The molecule has 1 fully saturated rings. The van der Waals surface area contributed by atoms with Gasteiger partial charge < -0.3 is 4.74 Å². The zero-order chi connectivity index (χ0) is 16.8. The summed E-state index contributed by atoms with van der Waals surface area (Å²) in [5, 5.41) is 0. The second-order valence-corrected chi connectivity index (χ2v) is 7.12. The van der Waals surface area contributed by atoms with Crippen LogP contribution in [0.3, 0.4) is 0 Å². The van der Waals surface area contributed by atoms with Crippen LogP contribution in [-0.4, -0.2) is 6.61 Å². The van der Waals surface area contributed by atoms with Gasteiger partial charge >= 0.3 is 0 Å². The van der Waals surface area contributed by atoms with Crippen molar-refractivity contribution in [3.8, 4) is 11.1 Å². The summed E-state index contributed by atoms with van der Waals surface area (Å²) in [6, 6.07) is 18.0. The van der Waals surface area contributed by atoms with E-state index in [1.165, 1.54) is 47.9 Å². The zero-order valence-corrected chi connectivity index (χ0v) is 15.1. The molecule has 0 bridgehead atoms. The molecule has 0 aliphatic carbocycles. The molecule has 128 valence electrons. The van der Waals surface area contributed by atoms with E-state index < -0.39 is 0 Å². The van der Waals surface area contributed by atoms with Gasteiger partial charge in [-0.25, -0.2) is 0 Å². The third-order valence-corrected chi connectivity index (χ3v) is 5.18. The molecule has 2 aromatic rings. The number of hydrogen-bond donors (Lipinski definition) is 0. The summed E-state index contributed by atoms with van der Waals surface area (Å²) in [6.45, 7) is 5.42. The minimum Gasteiger partial charge on any atom is -0.373 e. The van der Waals surface area contributed by atoms with E-state index in [0.29, 0.717) is 6.10 Å². The van der Waals surface area contributed by atoms with E-state index in [1.807, 2.05) is 0 Å². The van der Waals surface area contributed by atoms with Crippen molar-refractivity contribution in [2.24, 2.45) is 5.92 Å². The molecule has 2 unspecified atom stereocenters. The predicted octanol–water partition coefficient (Wildman–Crippen LogP) is 6.57. The Bertz CT molecular complexity index is 603. The van der Waals surface area contributed by atoms with Gasteiger partial charge in [0.25, 0.3) is 0 Å². The first-order valence-corrected chi connectivity index (χ1v) is 9.61. The molecule has 0 radical (unpaired) electrons. The largest absolute Gasteiger partial charge is 0.373 e. The number of rotatable bonds is 6. The van der Waals surface area contributed by atoms with Gasteiger partial charge in [0, 0.05) is 0 Å². The molecule has 0 saturated carbocycles. The molecule has 0 spiro atoms. The Kier molecular flexibility index (Phi) is 6.09. The first-order valence-electron chi connectivity index (χ1n) is 9.61. The summed E-state index contributed by atoms with van der Waals surface area (Å²) < 4.78 is 6.12. The van der Waals surface area contributed by atoms with Crippen LogP contribution >= 0.6 is 0 Å². The lowest BCUT2D eigenvalue weighted by Gasteiger charge is -2.29. The van der Waals surface area contributed by atoms with E-state index >= 15 is 0 Å². The highest BCUT2D eigenvalue weighted by molar-refractivity contribution is 5.64. The highest BCUT2D eigenvalue weighted by atomic mass is 16.5. The molecule has 1 saturated heterocycles. The van der Waals surface area contributed by atoms with Gasteiger partial charge in [0.15, 0.2) is 0 Å². The smallest absolute Gasteiger partial charge is 0.0825 e. The quantitative estimate of drug-likeness (QED) is 0.584. The van der Waals surface area contributed by atoms with Crippen LogP contribution in [0.4, 0.5) is 0 Å². The molecule has 0 aromatic heterocycles. The summed E-state index contributed by atoms with van der Waals surface area (Å²) in [5.41, 5.74) is 5.35. The Hall–Kier alpha value is -1.60. The van der Waals surface area contributed by atoms with Gasteiger partial charge in [-0.05, 0) is 53.9 Å². The number of aryl methyl sites for hydroxylation is 1. The topological polar surface area (TPSA) is 9.23 Å². The predicted molar refractivity (Wildman–Crippen MR) is 102 cm³/mol. The van der Waals surface area contributed by atoms with Gasteiger partial charge in [-0.2, -0.15) is 0 Å². The second-order valence-electron chi connectivity index (χ2n) is 7.12. The van der Waals surface area contributed by atoms with Crippen LogP contribution in [0.5, 0.6) is 0 Å². The highest BCUT2D eigenvalue weighted by Gasteiger charge is 2.22. The fourth-order valence-electron chi connectivity index (χ4n) is 3.75. The molecule has 1 nitrogen and oxygen atoms in total.